The first kappa shape index (κ1) is 27.3. The molecule has 3 N–H and O–H groups in total. The van der Waals surface area contributed by atoms with E-state index in [9.17, 15) is 33.3 Å². The molecule has 4 rings (SSSR count). The van der Waals surface area contributed by atoms with Crippen LogP contribution in [0.5, 0.6) is 0 Å². The van der Waals surface area contributed by atoms with Gasteiger partial charge in [-0.2, -0.15) is 13.2 Å². The Morgan fingerprint density at radius 3 is 2.47 bits per heavy atom. The van der Waals surface area contributed by atoms with Crippen LogP contribution in [0.25, 0.3) is 0 Å². The smallest absolute Gasteiger partial charge is 0.393 e. The fourth-order valence-corrected chi connectivity index (χ4v) is 7.28. The van der Waals surface area contributed by atoms with Gasteiger partial charge in [-0.3, -0.25) is 4.79 Å². The summed E-state index contributed by atoms with van der Waals surface area (Å²) < 4.78 is 38.9. The van der Waals surface area contributed by atoms with Crippen LogP contribution in [0, 0.1) is 28.6 Å². The number of ketones is 1. The summed E-state index contributed by atoms with van der Waals surface area (Å²) in [6.07, 6.45) is 5.87. The fourth-order valence-electron chi connectivity index (χ4n) is 7.28. The highest BCUT2D eigenvalue weighted by molar-refractivity contribution is 5.92. The Morgan fingerprint density at radius 2 is 1.83 bits per heavy atom. The molecule has 0 unspecified atom stereocenters. The van der Waals surface area contributed by atoms with E-state index in [0.29, 0.717) is 30.3 Å². The van der Waals surface area contributed by atoms with Gasteiger partial charge in [-0.25, -0.2) is 0 Å². The highest BCUT2D eigenvalue weighted by atomic mass is 19.4. The zero-order valence-corrected chi connectivity index (χ0v) is 21.2. The Labute approximate surface area is 211 Å². The molecule has 0 amide bonds. The van der Waals surface area contributed by atoms with Crippen LogP contribution in [-0.4, -0.2) is 45.6 Å². The molecule has 0 bridgehead atoms. The first-order chi connectivity index (χ1) is 16.8. The molecule has 0 aromatic heterocycles. The maximum Gasteiger partial charge on any atom is 0.450 e. The molecule has 7 heteroatoms. The van der Waals surface area contributed by atoms with Crippen LogP contribution >= 0.6 is 0 Å². The summed E-state index contributed by atoms with van der Waals surface area (Å²) in [7, 11) is 0. The van der Waals surface area contributed by atoms with Crippen molar-refractivity contribution in [2.75, 3.05) is 0 Å². The molecular weight excluding hydrogens is 469 g/mol. The lowest BCUT2D eigenvalue weighted by Crippen LogP contribution is -2.39. The van der Waals surface area contributed by atoms with Gasteiger partial charge in [0.2, 0.25) is 5.78 Å². The number of aliphatic hydroxyl groups excluding tert-OH is 3. The SMILES string of the molecule is C=C1/C(=C\C=C2/CCC[C@]3(C)[C@@H]([C@H](C)/C=C/[C@H](O)C4(C(=O)C(F)(F)F)CC4)CC[C@@H]23)C[C@@H](O)C[C@@H]1O. The van der Waals surface area contributed by atoms with Gasteiger partial charge in [-0.1, -0.05) is 50.3 Å². The van der Waals surface area contributed by atoms with Crippen LogP contribution in [0.15, 0.2) is 47.6 Å². The lowest BCUT2D eigenvalue weighted by Gasteiger charge is -2.44. The predicted octanol–water partition coefficient (Wildman–Crippen LogP) is 5.59. The second-order valence-electron chi connectivity index (χ2n) is 11.8. The lowest BCUT2D eigenvalue weighted by molar-refractivity contribution is -0.180. The van der Waals surface area contributed by atoms with Crippen LogP contribution in [0.2, 0.25) is 0 Å². The maximum absolute atomic E-state index is 13.0. The number of hydrogen-bond acceptors (Lipinski definition) is 4. The molecule has 0 aliphatic heterocycles. The van der Waals surface area contributed by atoms with Crippen LogP contribution in [0.4, 0.5) is 13.2 Å². The molecule has 4 saturated carbocycles. The minimum absolute atomic E-state index is 0.0406. The van der Waals surface area contributed by atoms with Crippen molar-refractivity contribution in [3.05, 3.63) is 47.6 Å². The molecule has 4 aliphatic carbocycles. The Balaban J connectivity index is 1.47. The van der Waals surface area contributed by atoms with Gasteiger partial charge in [-0.15, -0.1) is 0 Å². The molecule has 36 heavy (non-hydrogen) atoms. The number of rotatable bonds is 6. The quantitative estimate of drug-likeness (QED) is 0.409. The zero-order valence-electron chi connectivity index (χ0n) is 21.2. The molecule has 0 saturated heterocycles. The largest absolute Gasteiger partial charge is 0.450 e. The summed E-state index contributed by atoms with van der Waals surface area (Å²) in [5.41, 5.74) is 1.27. The van der Waals surface area contributed by atoms with Crippen molar-refractivity contribution in [2.45, 2.75) is 96.1 Å². The highest BCUT2D eigenvalue weighted by Gasteiger charge is 2.63. The van der Waals surface area contributed by atoms with E-state index >= 15 is 0 Å². The number of halogens is 3. The molecule has 200 valence electrons. The number of alkyl halides is 3. The van der Waals surface area contributed by atoms with E-state index in [-0.39, 0.29) is 24.2 Å². The van der Waals surface area contributed by atoms with E-state index in [1.807, 2.05) is 12.2 Å². The van der Waals surface area contributed by atoms with E-state index < -0.39 is 35.7 Å². The second-order valence-corrected chi connectivity index (χ2v) is 11.8. The maximum atomic E-state index is 13.0. The first-order valence-corrected chi connectivity index (χ1v) is 13.2. The summed E-state index contributed by atoms with van der Waals surface area (Å²) in [5, 5.41) is 30.7. The van der Waals surface area contributed by atoms with Crippen molar-refractivity contribution in [1.29, 1.82) is 0 Å². The van der Waals surface area contributed by atoms with Gasteiger partial charge >= 0.3 is 6.18 Å². The van der Waals surface area contributed by atoms with Gasteiger partial charge in [0.1, 0.15) is 0 Å². The molecule has 4 fully saturated rings. The molecular formula is C29H39F3O4. The third kappa shape index (κ3) is 5.03. The Kier molecular flexibility index (Phi) is 7.50. The average Bonchev–Trinajstić information content (AvgIpc) is 3.53. The third-order valence-electron chi connectivity index (χ3n) is 9.60. The highest BCUT2D eigenvalue weighted by Crippen LogP contribution is 2.60. The van der Waals surface area contributed by atoms with Crippen molar-refractivity contribution >= 4 is 5.78 Å². The third-order valence-corrected chi connectivity index (χ3v) is 9.60. The summed E-state index contributed by atoms with van der Waals surface area (Å²) in [5.74, 6) is -1.04. The summed E-state index contributed by atoms with van der Waals surface area (Å²) >= 11 is 0. The monoisotopic (exact) mass is 508 g/mol. The number of aliphatic hydroxyl groups is 3. The molecule has 0 spiro atoms. The van der Waals surface area contributed by atoms with Crippen LogP contribution < -0.4 is 0 Å². The van der Waals surface area contributed by atoms with Gasteiger partial charge in [0.05, 0.1) is 23.7 Å². The minimum Gasteiger partial charge on any atom is -0.393 e. The number of carbonyl (C=O) groups is 1. The van der Waals surface area contributed by atoms with E-state index in [0.717, 1.165) is 37.7 Å². The number of hydrogen-bond donors (Lipinski definition) is 3. The lowest BCUT2D eigenvalue weighted by atomic mass is 9.61. The van der Waals surface area contributed by atoms with E-state index in [1.165, 1.54) is 11.6 Å². The van der Waals surface area contributed by atoms with Crippen LogP contribution in [-0.2, 0) is 4.79 Å². The van der Waals surface area contributed by atoms with Gasteiger partial charge < -0.3 is 15.3 Å². The number of fused-ring (bicyclic) bond motifs is 1. The minimum atomic E-state index is -4.93. The molecule has 4 nitrogen and oxygen atoms in total. The predicted molar refractivity (Wildman–Crippen MR) is 132 cm³/mol. The van der Waals surface area contributed by atoms with E-state index in [1.54, 1.807) is 0 Å². The molecule has 4 aliphatic rings. The van der Waals surface area contributed by atoms with Crippen molar-refractivity contribution in [3.63, 3.8) is 0 Å². The van der Waals surface area contributed by atoms with Gasteiger partial charge in [0, 0.05) is 6.42 Å². The average molecular weight is 509 g/mol. The molecule has 0 aromatic carbocycles. The van der Waals surface area contributed by atoms with Gasteiger partial charge in [0.25, 0.3) is 0 Å². The Morgan fingerprint density at radius 1 is 1.14 bits per heavy atom. The topological polar surface area (TPSA) is 77.8 Å². The summed E-state index contributed by atoms with van der Waals surface area (Å²) in [6.45, 7) is 8.36. The summed E-state index contributed by atoms with van der Waals surface area (Å²) in [4.78, 5) is 11.8. The normalized spacial score (nSPS) is 38.4. The molecule has 7 atom stereocenters. The second kappa shape index (κ2) is 9.88. The van der Waals surface area contributed by atoms with Crippen molar-refractivity contribution in [1.82, 2.24) is 0 Å². The molecule has 0 aromatic rings. The van der Waals surface area contributed by atoms with Gasteiger partial charge in [0.15, 0.2) is 0 Å². The molecule has 0 heterocycles. The first-order valence-electron chi connectivity index (χ1n) is 13.2. The van der Waals surface area contributed by atoms with Crippen LogP contribution in [0.3, 0.4) is 0 Å². The Hall–Kier alpha value is -1.70. The van der Waals surface area contributed by atoms with Crippen molar-refractivity contribution < 1.29 is 33.3 Å². The number of Topliss-reactive ketones (excluding diaryl/α,β-unsaturated/α-hetero) is 1. The fraction of sp³-hybridized carbons (Fsp3) is 0.690. The number of allylic oxidation sites excluding steroid dienone is 4. The summed E-state index contributed by atoms with van der Waals surface area (Å²) in [6, 6.07) is 0. The Bertz CT molecular complexity index is 973. The van der Waals surface area contributed by atoms with Gasteiger partial charge in [-0.05, 0) is 85.7 Å². The standard InChI is InChI=1S/C29H39F3O4/c1-17(6-11-25(35)28(13-14-28)26(36)29(30,31)32)22-9-10-23-19(5-4-12-27(22,23)3)7-8-20-15-21(33)16-24(34)18(20)2/h6-8,11,17,21-25,33-35H,2,4-5,9-10,12-16H2,1,3H3/b11-6+,19-7+,20-8-/t17-,21-,22-,23+,24+,25+,27-/m1/s1. The number of carbonyl (C=O) groups excluding carboxylic acids is 1. The van der Waals surface area contributed by atoms with E-state index in [2.05, 4.69) is 26.5 Å². The zero-order chi connectivity index (χ0) is 26.5. The molecule has 0 radical (unpaired) electrons. The van der Waals surface area contributed by atoms with Crippen LogP contribution in [0.1, 0.15) is 71.6 Å². The van der Waals surface area contributed by atoms with E-state index in [4.69, 9.17) is 0 Å². The van der Waals surface area contributed by atoms with Crippen molar-refractivity contribution in [3.8, 4) is 0 Å². The van der Waals surface area contributed by atoms with Crippen molar-refractivity contribution in [2.24, 2.45) is 28.6 Å².